The van der Waals surface area contributed by atoms with Crippen LogP contribution in [-0.2, 0) is 0 Å². The molecule has 0 aliphatic carbocycles. The second-order valence-corrected chi connectivity index (χ2v) is 4.54. The van der Waals surface area contributed by atoms with Gasteiger partial charge in [0.1, 0.15) is 11.5 Å². The summed E-state index contributed by atoms with van der Waals surface area (Å²) in [5.41, 5.74) is 3.52. The predicted octanol–water partition coefficient (Wildman–Crippen LogP) is 0.577. The Morgan fingerprint density at radius 2 is 2.28 bits per heavy atom. The molecule has 0 fully saturated rings. The van der Waals surface area contributed by atoms with E-state index >= 15 is 0 Å². The summed E-state index contributed by atoms with van der Waals surface area (Å²) in [6.07, 6.45) is 5.66. The van der Waals surface area contributed by atoms with E-state index in [9.17, 15) is 5.11 Å². The second-order valence-electron chi connectivity index (χ2n) is 3.62. The van der Waals surface area contributed by atoms with Crippen LogP contribution in [0.5, 0.6) is 0 Å². The zero-order chi connectivity index (χ0) is 12.5. The van der Waals surface area contributed by atoms with Crippen LogP contribution in [-0.4, -0.2) is 31.3 Å². The highest BCUT2D eigenvalue weighted by atomic mass is 79.9. The molecule has 1 aliphatic heterocycles. The number of aromatic nitrogens is 4. The minimum Gasteiger partial charge on any atom is -0.367 e. The molecule has 7 nitrogen and oxygen atoms in total. The van der Waals surface area contributed by atoms with Crippen molar-refractivity contribution in [3.05, 3.63) is 41.4 Å². The third-order valence-electron chi connectivity index (χ3n) is 2.51. The minimum absolute atomic E-state index is 0.581. The maximum absolute atomic E-state index is 10.2. The summed E-state index contributed by atoms with van der Waals surface area (Å²) in [7, 11) is 0. The highest BCUT2D eigenvalue weighted by Gasteiger charge is 2.28. The van der Waals surface area contributed by atoms with Crippen LogP contribution in [0.3, 0.4) is 0 Å². The Balaban J connectivity index is 1.85. The molecule has 0 amide bonds. The van der Waals surface area contributed by atoms with Gasteiger partial charge in [-0.05, 0) is 28.1 Å². The van der Waals surface area contributed by atoms with Gasteiger partial charge in [-0.15, -0.1) is 5.10 Å². The summed E-state index contributed by atoms with van der Waals surface area (Å²) < 4.78 is 2.38. The van der Waals surface area contributed by atoms with Crippen molar-refractivity contribution in [2.75, 3.05) is 5.01 Å². The molecule has 1 unspecified atom stereocenters. The largest absolute Gasteiger partial charge is 0.367 e. The predicted molar refractivity (Wildman–Crippen MR) is 67.9 cm³/mol. The van der Waals surface area contributed by atoms with Crippen LogP contribution >= 0.6 is 15.9 Å². The first-order valence-electron chi connectivity index (χ1n) is 5.17. The van der Waals surface area contributed by atoms with Gasteiger partial charge in [0.2, 0.25) is 0 Å². The highest BCUT2D eigenvalue weighted by Crippen LogP contribution is 2.22. The molecule has 3 rings (SSSR count). The van der Waals surface area contributed by atoms with Crippen molar-refractivity contribution in [1.29, 1.82) is 0 Å². The van der Waals surface area contributed by atoms with E-state index < -0.39 is 6.23 Å². The van der Waals surface area contributed by atoms with Gasteiger partial charge in [0, 0.05) is 16.9 Å². The molecular weight excluding hydrogens is 300 g/mol. The summed E-state index contributed by atoms with van der Waals surface area (Å²) in [4.78, 5) is 4.20. The van der Waals surface area contributed by atoms with E-state index in [0.717, 1.165) is 4.47 Å². The van der Waals surface area contributed by atoms with Gasteiger partial charge >= 0.3 is 0 Å². The molecule has 2 aromatic heterocycles. The molecular formula is C10H9BrN6O. The highest BCUT2D eigenvalue weighted by molar-refractivity contribution is 9.10. The summed E-state index contributed by atoms with van der Waals surface area (Å²) in [5.74, 6) is 0.608. The molecule has 0 radical (unpaired) electrons. The fourth-order valence-corrected chi connectivity index (χ4v) is 1.88. The van der Waals surface area contributed by atoms with Gasteiger partial charge < -0.3 is 5.11 Å². The number of halogens is 1. The van der Waals surface area contributed by atoms with Gasteiger partial charge in [0.15, 0.2) is 6.23 Å². The van der Waals surface area contributed by atoms with Crippen molar-refractivity contribution in [3.8, 4) is 0 Å². The Kier molecular flexibility index (Phi) is 2.73. The zero-order valence-electron chi connectivity index (χ0n) is 9.10. The van der Waals surface area contributed by atoms with Gasteiger partial charge in [-0.2, -0.15) is 0 Å². The van der Waals surface area contributed by atoms with Gasteiger partial charge in [-0.1, -0.05) is 5.21 Å². The molecule has 2 N–H and O–H groups in total. The number of hydrogen-bond donors (Lipinski definition) is 2. The zero-order valence-corrected chi connectivity index (χ0v) is 10.7. The molecule has 3 heterocycles. The Morgan fingerprint density at radius 3 is 2.94 bits per heavy atom. The Morgan fingerprint density at radius 1 is 1.39 bits per heavy atom. The van der Waals surface area contributed by atoms with Crippen molar-refractivity contribution < 1.29 is 5.11 Å². The third-order valence-corrected chi connectivity index (χ3v) is 2.98. The number of nitrogens with one attached hydrogen (secondary N) is 1. The number of nitrogens with zero attached hydrogens (tertiary/aromatic N) is 5. The molecule has 0 bridgehead atoms. The Bertz CT molecular complexity index is 567. The number of aliphatic hydroxyl groups excluding tert-OH is 1. The van der Waals surface area contributed by atoms with Crippen molar-refractivity contribution in [2.45, 2.75) is 6.23 Å². The van der Waals surface area contributed by atoms with E-state index in [-0.39, 0.29) is 0 Å². The maximum atomic E-state index is 10.2. The fourth-order valence-electron chi connectivity index (χ4n) is 1.65. The monoisotopic (exact) mass is 308 g/mol. The lowest BCUT2D eigenvalue weighted by Crippen LogP contribution is -2.39. The summed E-state index contributed by atoms with van der Waals surface area (Å²) in [6, 6.07) is 3.64. The quantitative estimate of drug-likeness (QED) is 0.845. The van der Waals surface area contributed by atoms with E-state index in [1.165, 1.54) is 9.69 Å². The summed E-state index contributed by atoms with van der Waals surface area (Å²) >= 11 is 3.31. The molecule has 1 aliphatic rings. The van der Waals surface area contributed by atoms with Gasteiger partial charge in [0.05, 0.1) is 12.4 Å². The fraction of sp³-hybridized carbons (Fsp3) is 0.100. The topological polar surface area (TPSA) is 79.1 Å². The van der Waals surface area contributed by atoms with Crippen LogP contribution < -0.4 is 10.4 Å². The first-order chi connectivity index (χ1) is 8.75. The third kappa shape index (κ3) is 1.85. The van der Waals surface area contributed by atoms with Gasteiger partial charge in [0.25, 0.3) is 0 Å². The van der Waals surface area contributed by atoms with Gasteiger partial charge in [-0.25, -0.2) is 14.7 Å². The first-order valence-corrected chi connectivity index (χ1v) is 5.97. The van der Waals surface area contributed by atoms with Crippen LogP contribution in [0.4, 0.5) is 5.82 Å². The Hall–Kier alpha value is -1.93. The average Bonchev–Trinajstić information content (AvgIpc) is 2.99. The Labute approximate surface area is 111 Å². The van der Waals surface area contributed by atoms with Crippen molar-refractivity contribution >= 4 is 27.4 Å². The number of rotatable bonds is 2. The SMILES string of the molecule is OC1C(n2ccnn2)=CNN1c1ccc(Br)cn1. The molecule has 0 spiro atoms. The number of hydrogen-bond acceptors (Lipinski definition) is 6. The molecule has 2 aromatic rings. The van der Waals surface area contributed by atoms with E-state index in [1.54, 1.807) is 30.9 Å². The van der Waals surface area contributed by atoms with E-state index in [2.05, 4.69) is 36.7 Å². The lowest BCUT2D eigenvalue weighted by molar-refractivity contribution is 0.219. The van der Waals surface area contributed by atoms with Crippen LogP contribution in [0.1, 0.15) is 0 Å². The van der Waals surface area contributed by atoms with E-state index in [1.807, 2.05) is 6.07 Å². The van der Waals surface area contributed by atoms with Crippen LogP contribution in [0, 0.1) is 0 Å². The smallest absolute Gasteiger partial charge is 0.192 e. The summed E-state index contributed by atoms with van der Waals surface area (Å²) in [5, 5.41) is 19.3. The van der Waals surface area contributed by atoms with Crippen LogP contribution in [0.15, 0.2) is 41.4 Å². The molecule has 0 saturated heterocycles. The number of anilines is 1. The lowest BCUT2D eigenvalue weighted by atomic mass is 10.4. The minimum atomic E-state index is -0.875. The second kappa shape index (κ2) is 4.39. The molecule has 0 aromatic carbocycles. The first kappa shape index (κ1) is 11.2. The maximum Gasteiger partial charge on any atom is 0.192 e. The van der Waals surface area contributed by atoms with Crippen molar-refractivity contribution in [3.63, 3.8) is 0 Å². The average molecular weight is 309 g/mol. The van der Waals surface area contributed by atoms with Gasteiger partial charge in [-0.3, -0.25) is 5.43 Å². The van der Waals surface area contributed by atoms with Crippen LogP contribution in [0.25, 0.3) is 5.70 Å². The molecule has 8 heteroatoms. The molecule has 0 saturated carbocycles. The lowest BCUT2D eigenvalue weighted by Gasteiger charge is -2.22. The molecule has 92 valence electrons. The number of aliphatic hydroxyl groups is 1. The van der Waals surface area contributed by atoms with Crippen LogP contribution in [0.2, 0.25) is 0 Å². The van der Waals surface area contributed by atoms with E-state index in [4.69, 9.17) is 0 Å². The number of hydrazine groups is 1. The van der Waals surface area contributed by atoms with E-state index in [0.29, 0.717) is 11.5 Å². The number of pyridine rings is 1. The molecule has 18 heavy (non-hydrogen) atoms. The molecule has 1 atom stereocenters. The normalized spacial score (nSPS) is 18.7. The van der Waals surface area contributed by atoms with Crippen molar-refractivity contribution in [1.82, 2.24) is 25.4 Å². The summed E-state index contributed by atoms with van der Waals surface area (Å²) in [6.45, 7) is 0. The van der Waals surface area contributed by atoms with Crippen molar-refractivity contribution in [2.24, 2.45) is 0 Å². The standard InChI is InChI=1S/C10H9BrN6O/c11-7-1-2-9(12-5-7)17-10(18)8(6-14-17)16-4-3-13-15-16/h1-6,10,14,18H.